The third-order valence-electron chi connectivity index (χ3n) is 9.62. The molecule has 1 aromatic rings. The van der Waals surface area contributed by atoms with Crippen LogP contribution in [0.1, 0.15) is 50.2 Å². The number of hydrogen-bond acceptors (Lipinski definition) is 10. The highest BCUT2D eigenvalue weighted by molar-refractivity contribution is 6.25. The van der Waals surface area contributed by atoms with Crippen molar-refractivity contribution >= 4 is 23.2 Å². The van der Waals surface area contributed by atoms with Gasteiger partial charge in [-0.1, -0.05) is 32.4 Å². The maximum Gasteiger partial charge on any atom is 0.259 e. The van der Waals surface area contributed by atoms with Crippen LogP contribution in [0.15, 0.2) is 35.1 Å². The van der Waals surface area contributed by atoms with Crippen molar-refractivity contribution < 1.29 is 39.9 Å². The van der Waals surface area contributed by atoms with Gasteiger partial charge in [0.15, 0.2) is 11.4 Å². The molecule has 1 saturated carbocycles. The van der Waals surface area contributed by atoms with Gasteiger partial charge in [0.2, 0.25) is 5.78 Å². The third kappa shape index (κ3) is 4.29. The second-order valence-electron chi connectivity index (χ2n) is 12.1. The Hall–Kier alpha value is -3.25. The van der Waals surface area contributed by atoms with Gasteiger partial charge in [0.05, 0.1) is 30.3 Å². The number of carbonyl (C=O) groups is 3. The van der Waals surface area contributed by atoms with Gasteiger partial charge in [0.1, 0.15) is 22.8 Å². The third-order valence-corrected chi connectivity index (χ3v) is 9.62. The minimum Gasteiger partial charge on any atom is -0.508 e. The lowest BCUT2D eigenvalue weighted by atomic mass is 9.54. The number of fused-ring (bicyclic) bond motifs is 3. The molecule has 1 heterocycles. The van der Waals surface area contributed by atoms with Crippen LogP contribution in [0.4, 0.5) is 0 Å². The van der Waals surface area contributed by atoms with E-state index in [9.17, 15) is 39.9 Å². The van der Waals surface area contributed by atoms with Crippen molar-refractivity contribution in [2.75, 3.05) is 33.9 Å². The zero-order chi connectivity index (χ0) is 30.0. The number of benzene rings is 1. The normalized spacial score (nSPS) is 33.9. The van der Waals surface area contributed by atoms with E-state index in [1.807, 2.05) is 4.90 Å². The molecule has 11 heteroatoms. The number of nitrogens with one attached hydrogen (secondary N) is 1. The fourth-order valence-corrected chi connectivity index (χ4v) is 7.46. The predicted octanol–water partition coefficient (Wildman–Crippen LogP) is 1.21. The van der Waals surface area contributed by atoms with E-state index in [0.29, 0.717) is 11.5 Å². The van der Waals surface area contributed by atoms with Crippen LogP contribution in [0, 0.1) is 17.8 Å². The molecule has 0 bridgehead atoms. The van der Waals surface area contributed by atoms with Crippen LogP contribution in [-0.4, -0.2) is 104 Å². The Kier molecular flexibility index (Phi) is 7.52. The van der Waals surface area contributed by atoms with Crippen LogP contribution in [0.25, 0.3) is 5.76 Å². The number of rotatable bonds is 5. The summed E-state index contributed by atoms with van der Waals surface area (Å²) in [6, 6.07) is 3.24. The number of Topliss-reactive ketones (excluding diaryl/α,β-unsaturated/α-hetero) is 2. The molecule has 1 unspecified atom stereocenters. The van der Waals surface area contributed by atoms with Crippen LogP contribution in [0.2, 0.25) is 0 Å². The fraction of sp³-hybridized carbons (Fsp3) is 0.567. The largest absolute Gasteiger partial charge is 0.508 e. The number of ketones is 2. The van der Waals surface area contributed by atoms with Crippen molar-refractivity contribution in [3.8, 4) is 5.75 Å². The van der Waals surface area contributed by atoms with Gasteiger partial charge in [-0.15, -0.1) is 0 Å². The summed E-state index contributed by atoms with van der Waals surface area (Å²) in [5, 5.41) is 59.5. The maximum atomic E-state index is 14.1. The van der Waals surface area contributed by atoms with Gasteiger partial charge in [-0.2, -0.15) is 0 Å². The number of aliphatic hydroxyl groups is 4. The molecular formula is C30H39N3O8. The minimum atomic E-state index is -2.88. The van der Waals surface area contributed by atoms with Crippen molar-refractivity contribution in [1.82, 2.24) is 15.1 Å². The molecule has 1 aliphatic heterocycles. The van der Waals surface area contributed by atoms with Crippen LogP contribution in [0.5, 0.6) is 5.75 Å². The fourth-order valence-electron chi connectivity index (χ4n) is 7.46. The van der Waals surface area contributed by atoms with Gasteiger partial charge in [0, 0.05) is 18.0 Å². The van der Waals surface area contributed by atoms with Gasteiger partial charge in [-0.05, 0) is 56.9 Å². The Labute approximate surface area is 238 Å². The summed E-state index contributed by atoms with van der Waals surface area (Å²) >= 11 is 0. The molecule has 41 heavy (non-hydrogen) atoms. The van der Waals surface area contributed by atoms with Crippen LogP contribution >= 0.6 is 0 Å². The predicted molar refractivity (Wildman–Crippen MR) is 149 cm³/mol. The first-order valence-corrected chi connectivity index (χ1v) is 14.2. The molecule has 1 aromatic carbocycles. The molecule has 5 rings (SSSR count). The quantitative estimate of drug-likeness (QED) is 0.283. The lowest BCUT2D eigenvalue weighted by Gasteiger charge is -2.53. The molecule has 0 aromatic heterocycles. The van der Waals surface area contributed by atoms with Crippen molar-refractivity contribution in [2.24, 2.45) is 17.8 Å². The van der Waals surface area contributed by atoms with Gasteiger partial charge in [-0.3, -0.25) is 24.2 Å². The van der Waals surface area contributed by atoms with E-state index in [-0.39, 0.29) is 23.6 Å². The first-order valence-electron chi connectivity index (χ1n) is 14.2. The van der Waals surface area contributed by atoms with Crippen LogP contribution in [0.3, 0.4) is 0 Å². The van der Waals surface area contributed by atoms with Crippen molar-refractivity contribution in [1.29, 1.82) is 0 Å². The Balaban J connectivity index is 1.59. The van der Waals surface area contributed by atoms with Gasteiger partial charge in [0.25, 0.3) is 5.91 Å². The molecule has 7 atom stereocenters. The number of carbonyl (C=O) groups excluding carboxylic acids is 3. The molecule has 1 amide bonds. The number of phenolic OH excluding ortho intramolecular Hbond substituents is 1. The second kappa shape index (κ2) is 10.5. The van der Waals surface area contributed by atoms with E-state index >= 15 is 0 Å². The number of aromatic hydroxyl groups is 1. The summed E-state index contributed by atoms with van der Waals surface area (Å²) in [6.07, 6.45) is 1.49. The lowest BCUT2D eigenvalue weighted by Crippen LogP contribution is -2.70. The van der Waals surface area contributed by atoms with Gasteiger partial charge >= 0.3 is 0 Å². The van der Waals surface area contributed by atoms with Crippen LogP contribution < -0.4 is 5.32 Å². The van der Waals surface area contributed by atoms with Crippen molar-refractivity contribution in [3.63, 3.8) is 0 Å². The van der Waals surface area contributed by atoms with Gasteiger partial charge in [-0.25, -0.2) is 0 Å². The SMILES string of the molecule is CCC1CCCN(CNC(=O)C2=C(O)[C@@]3(O)C(=O)C4=C(O)c5c(O)cccc5[C@H](C)[C@H]4[C@H](O)[C@H]3[C@H](N(C)C)C2=O)C1. The van der Waals surface area contributed by atoms with E-state index in [1.54, 1.807) is 19.1 Å². The zero-order valence-corrected chi connectivity index (χ0v) is 23.8. The average Bonchev–Trinajstić information content (AvgIpc) is 2.94. The highest BCUT2D eigenvalue weighted by Crippen LogP contribution is 2.56. The Morgan fingerprint density at radius 2 is 1.90 bits per heavy atom. The number of likely N-dealkylation sites (tertiary alicyclic amines) is 1. The standard InChI is InChI=1S/C30H39N3O8/c1-5-15-8-7-11-33(12-15)13-31-29(40)21-26(37)23(32(3)4)22-25(36)18-14(2)16-9-6-10-17(34)19(16)24(35)20(18)27(38)30(22,41)28(21)39/h6,9-10,14-15,18,22-23,25,34-36,39,41H,5,7-8,11-13H2,1-4H3,(H,31,40)/t14-,15?,18+,22+,23-,25-,30-/m0/s1. The molecule has 222 valence electrons. The minimum absolute atomic E-state index is 0.00162. The van der Waals surface area contributed by atoms with Crippen LogP contribution in [-0.2, 0) is 14.4 Å². The molecule has 6 N–H and O–H groups in total. The molecule has 4 aliphatic rings. The highest BCUT2D eigenvalue weighted by Gasteiger charge is 2.68. The first kappa shape index (κ1) is 29.2. The molecule has 3 aliphatic carbocycles. The van der Waals surface area contributed by atoms with Gasteiger partial charge < -0.3 is 30.8 Å². The van der Waals surface area contributed by atoms with E-state index in [1.165, 1.54) is 25.1 Å². The lowest BCUT2D eigenvalue weighted by molar-refractivity contribution is -0.169. The second-order valence-corrected chi connectivity index (χ2v) is 12.1. The average molecular weight is 570 g/mol. The summed E-state index contributed by atoms with van der Waals surface area (Å²) in [4.78, 5) is 44.8. The van der Waals surface area contributed by atoms with E-state index in [2.05, 4.69) is 12.2 Å². The molecule has 1 saturated heterocycles. The Morgan fingerprint density at radius 3 is 2.56 bits per heavy atom. The number of hydrogen-bond donors (Lipinski definition) is 6. The summed E-state index contributed by atoms with van der Waals surface area (Å²) in [5.74, 6) is -7.64. The maximum absolute atomic E-state index is 14.1. The summed E-state index contributed by atoms with van der Waals surface area (Å²) < 4.78 is 0. The molecular weight excluding hydrogens is 530 g/mol. The van der Waals surface area contributed by atoms with E-state index < -0.39 is 70.1 Å². The monoisotopic (exact) mass is 569 g/mol. The Morgan fingerprint density at radius 1 is 1.20 bits per heavy atom. The number of phenols is 1. The molecule has 0 radical (unpaired) electrons. The number of amides is 1. The van der Waals surface area contributed by atoms with E-state index in [4.69, 9.17) is 0 Å². The smallest absolute Gasteiger partial charge is 0.259 e. The summed E-state index contributed by atoms with van der Waals surface area (Å²) in [5.41, 5.74) is -3.51. The number of nitrogens with zero attached hydrogens (tertiary/aromatic N) is 2. The molecule has 2 fully saturated rings. The summed E-state index contributed by atoms with van der Waals surface area (Å²) in [7, 11) is 3.05. The molecule has 0 spiro atoms. The van der Waals surface area contributed by atoms with Crippen molar-refractivity contribution in [3.05, 3.63) is 46.2 Å². The highest BCUT2D eigenvalue weighted by atomic mass is 16.4. The van der Waals surface area contributed by atoms with E-state index in [0.717, 1.165) is 32.4 Å². The number of piperidine rings is 1. The van der Waals surface area contributed by atoms with Crippen molar-refractivity contribution in [2.45, 2.75) is 56.8 Å². The Bertz CT molecular complexity index is 1350. The first-order chi connectivity index (χ1) is 19.4. The number of likely N-dealkylation sites (N-methyl/N-ethyl adjacent to an activating group) is 1. The number of aliphatic hydroxyl groups excluding tert-OH is 3. The molecule has 11 nitrogen and oxygen atoms in total. The summed E-state index contributed by atoms with van der Waals surface area (Å²) in [6.45, 7) is 5.47. The topological polar surface area (TPSA) is 171 Å². The zero-order valence-electron chi connectivity index (χ0n) is 23.8.